The zero-order valence-corrected chi connectivity index (χ0v) is 14.2. The van der Waals surface area contributed by atoms with Crippen molar-refractivity contribution in [3.8, 4) is 0 Å². The minimum absolute atomic E-state index is 0.213. The monoisotopic (exact) mass is 326 g/mol. The van der Waals surface area contributed by atoms with Crippen molar-refractivity contribution in [1.82, 2.24) is 20.8 Å². The highest BCUT2D eigenvalue weighted by molar-refractivity contribution is 5.74. The molecular weight excluding hydrogens is 300 g/mol. The highest BCUT2D eigenvalue weighted by Crippen LogP contribution is 2.29. The molecule has 8 nitrogen and oxygen atoms in total. The first-order valence-electron chi connectivity index (χ1n) is 7.89. The van der Waals surface area contributed by atoms with E-state index in [-0.39, 0.29) is 18.0 Å². The van der Waals surface area contributed by atoms with E-state index in [1.54, 1.807) is 14.0 Å². The lowest BCUT2D eigenvalue weighted by molar-refractivity contribution is 0.0248. The van der Waals surface area contributed by atoms with Crippen LogP contribution in [0, 0.1) is 12.8 Å². The Kier molecular flexibility index (Phi) is 5.95. The van der Waals surface area contributed by atoms with E-state index in [0.29, 0.717) is 31.5 Å². The summed E-state index contributed by atoms with van der Waals surface area (Å²) in [7, 11) is 1.62. The third kappa shape index (κ3) is 5.18. The van der Waals surface area contributed by atoms with Crippen molar-refractivity contribution in [1.29, 1.82) is 0 Å². The summed E-state index contributed by atoms with van der Waals surface area (Å²) in [6, 6.07) is -0.590. The molecule has 0 unspecified atom stereocenters. The molecule has 0 saturated carbocycles. The smallest absolute Gasteiger partial charge is 0.315 e. The Morgan fingerprint density at radius 3 is 2.70 bits per heavy atom. The number of hydrogen-bond donors (Lipinski definition) is 2. The molecule has 1 atom stereocenters. The number of nitrogens with one attached hydrogen (secondary N) is 2. The van der Waals surface area contributed by atoms with Gasteiger partial charge in [0, 0.05) is 26.9 Å². The molecule has 0 bridgehead atoms. The van der Waals surface area contributed by atoms with Gasteiger partial charge in [0.25, 0.3) is 0 Å². The number of amides is 2. The fraction of sp³-hybridized carbons (Fsp3) is 0.800. The predicted molar refractivity (Wildman–Crippen MR) is 82.9 cm³/mol. The highest BCUT2D eigenvalue weighted by atomic mass is 16.5. The minimum Gasteiger partial charge on any atom is -0.381 e. The Balaban J connectivity index is 2.01. The number of hydrogen-bond acceptors (Lipinski definition) is 6. The van der Waals surface area contributed by atoms with E-state index in [1.807, 2.05) is 13.8 Å². The molecule has 0 spiro atoms. The summed E-state index contributed by atoms with van der Waals surface area (Å²) in [5.74, 6) is 1.21. The number of methoxy groups -OCH3 is 1. The van der Waals surface area contributed by atoms with E-state index in [4.69, 9.17) is 14.0 Å². The summed E-state index contributed by atoms with van der Waals surface area (Å²) < 4.78 is 16.0. The first kappa shape index (κ1) is 17.7. The highest BCUT2D eigenvalue weighted by Gasteiger charge is 2.31. The summed E-state index contributed by atoms with van der Waals surface area (Å²) in [6.07, 6.45) is 1.69. The van der Waals surface area contributed by atoms with Crippen LogP contribution in [0.1, 0.15) is 44.4 Å². The standard InChI is InChI=1S/C15H26N4O4/c1-10-17-13(23-19-10)12(11-5-7-22-8-6-11)18-14(20)16-9-15(2,3)21-4/h11-12H,5-9H2,1-4H3,(H2,16,18,20)/t12-/m1/s1. The van der Waals surface area contributed by atoms with Gasteiger partial charge < -0.3 is 24.6 Å². The summed E-state index contributed by atoms with van der Waals surface area (Å²) in [6.45, 7) is 7.33. The number of ether oxygens (including phenoxy) is 2. The third-order valence-electron chi connectivity index (χ3n) is 4.06. The van der Waals surface area contributed by atoms with Gasteiger partial charge in [-0.1, -0.05) is 5.16 Å². The number of carbonyl (C=O) groups excluding carboxylic acids is 1. The van der Waals surface area contributed by atoms with Crippen LogP contribution < -0.4 is 10.6 Å². The normalized spacial score (nSPS) is 17.7. The number of aromatic nitrogens is 2. The molecule has 0 radical (unpaired) electrons. The first-order valence-corrected chi connectivity index (χ1v) is 7.89. The zero-order valence-electron chi connectivity index (χ0n) is 14.2. The third-order valence-corrected chi connectivity index (χ3v) is 4.06. The van der Waals surface area contributed by atoms with Crippen molar-refractivity contribution in [2.45, 2.75) is 45.3 Å². The van der Waals surface area contributed by atoms with Crippen molar-refractivity contribution in [3.63, 3.8) is 0 Å². The van der Waals surface area contributed by atoms with Gasteiger partial charge in [0.1, 0.15) is 6.04 Å². The largest absolute Gasteiger partial charge is 0.381 e. The Hall–Kier alpha value is -1.67. The molecule has 8 heteroatoms. The SMILES string of the molecule is COC(C)(C)CNC(=O)N[C@@H](c1nc(C)no1)C1CCOCC1. The molecule has 2 rings (SSSR count). The second-order valence-electron chi connectivity index (χ2n) is 6.40. The second-order valence-corrected chi connectivity index (χ2v) is 6.40. The molecule has 0 aliphatic carbocycles. The lowest BCUT2D eigenvalue weighted by atomic mass is 9.91. The molecule has 2 N–H and O–H groups in total. The maximum atomic E-state index is 12.2. The molecule has 2 amide bonds. The Morgan fingerprint density at radius 1 is 1.43 bits per heavy atom. The average molecular weight is 326 g/mol. The molecule has 0 aromatic carbocycles. The van der Waals surface area contributed by atoms with E-state index in [2.05, 4.69) is 20.8 Å². The Bertz CT molecular complexity index is 511. The molecule has 1 aliphatic rings. The topological polar surface area (TPSA) is 98.5 Å². The van der Waals surface area contributed by atoms with Crippen LogP contribution in [0.2, 0.25) is 0 Å². The minimum atomic E-state index is -0.424. The maximum absolute atomic E-state index is 12.2. The van der Waals surface area contributed by atoms with E-state index in [9.17, 15) is 4.79 Å². The summed E-state index contributed by atoms with van der Waals surface area (Å²) >= 11 is 0. The Morgan fingerprint density at radius 2 is 2.13 bits per heavy atom. The van der Waals surface area contributed by atoms with Gasteiger partial charge in [0.2, 0.25) is 5.89 Å². The predicted octanol–water partition coefficient (Wildman–Crippen LogP) is 1.57. The van der Waals surface area contributed by atoms with Gasteiger partial charge >= 0.3 is 6.03 Å². The van der Waals surface area contributed by atoms with Gasteiger partial charge in [-0.25, -0.2) is 4.79 Å². The molecular formula is C15H26N4O4. The molecule has 1 aromatic heterocycles. The van der Waals surface area contributed by atoms with Gasteiger partial charge in [-0.15, -0.1) is 0 Å². The van der Waals surface area contributed by atoms with E-state index in [1.165, 1.54) is 0 Å². The second kappa shape index (κ2) is 7.74. The molecule has 130 valence electrons. The molecule has 1 fully saturated rings. The molecule has 1 saturated heterocycles. The fourth-order valence-corrected chi connectivity index (χ4v) is 2.43. The van der Waals surface area contributed by atoms with Crippen LogP contribution in [0.4, 0.5) is 4.79 Å². The summed E-state index contributed by atoms with van der Waals surface area (Å²) in [5, 5.41) is 9.61. The van der Waals surface area contributed by atoms with Crippen LogP contribution in [0.3, 0.4) is 0 Å². The van der Waals surface area contributed by atoms with E-state index < -0.39 is 5.60 Å². The van der Waals surface area contributed by atoms with Crippen LogP contribution in [-0.4, -0.2) is 48.6 Å². The van der Waals surface area contributed by atoms with Crippen molar-refractivity contribution < 1.29 is 18.8 Å². The zero-order chi connectivity index (χ0) is 16.9. The van der Waals surface area contributed by atoms with Crippen LogP contribution in [0.25, 0.3) is 0 Å². The van der Waals surface area contributed by atoms with Crippen LogP contribution >= 0.6 is 0 Å². The molecule has 1 aliphatic heterocycles. The first-order chi connectivity index (χ1) is 10.9. The van der Waals surface area contributed by atoms with Gasteiger partial charge in [-0.2, -0.15) is 4.98 Å². The maximum Gasteiger partial charge on any atom is 0.315 e. The lowest BCUT2D eigenvalue weighted by Gasteiger charge is -2.29. The van der Waals surface area contributed by atoms with Gasteiger partial charge in [-0.05, 0) is 39.5 Å². The average Bonchev–Trinajstić information content (AvgIpc) is 2.98. The van der Waals surface area contributed by atoms with Crippen LogP contribution in [0.15, 0.2) is 4.52 Å². The Labute approximate surface area is 136 Å². The number of urea groups is 1. The fourth-order valence-electron chi connectivity index (χ4n) is 2.43. The molecule has 2 heterocycles. The van der Waals surface area contributed by atoms with Gasteiger partial charge in [-0.3, -0.25) is 0 Å². The summed E-state index contributed by atoms with van der Waals surface area (Å²) in [5.41, 5.74) is -0.424. The van der Waals surface area contributed by atoms with Crippen molar-refractivity contribution in [3.05, 3.63) is 11.7 Å². The molecule has 23 heavy (non-hydrogen) atoms. The lowest BCUT2D eigenvalue weighted by Crippen LogP contribution is -2.47. The molecule has 1 aromatic rings. The van der Waals surface area contributed by atoms with Crippen molar-refractivity contribution >= 4 is 6.03 Å². The number of nitrogens with zero attached hydrogens (tertiary/aromatic N) is 2. The van der Waals surface area contributed by atoms with Crippen LogP contribution in [-0.2, 0) is 9.47 Å². The summed E-state index contributed by atoms with van der Waals surface area (Å²) in [4.78, 5) is 16.5. The van der Waals surface area contributed by atoms with Crippen molar-refractivity contribution in [2.24, 2.45) is 5.92 Å². The number of carbonyl (C=O) groups is 1. The number of aryl methyl sites for hydroxylation is 1. The van der Waals surface area contributed by atoms with Gasteiger partial charge in [0.15, 0.2) is 5.82 Å². The van der Waals surface area contributed by atoms with E-state index in [0.717, 1.165) is 12.8 Å². The number of rotatable bonds is 6. The van der Waals surface area contributed by atoms with Crippen molar-refractivity contribution in [2.75, 3.05) is 26.9 Å². The van der Waals surface area contributed by atoms with E-state index >= 15 is 0 Å². The van der Waals surface area contributed by atoms with Crippen LogP contribution in [0.5, 0.6) is 0 Å². The van der Waals surface area contributed by atoms with Gasteiger partial charge in [0.05, 0.1) is 5.60 Å². The quantitative estimate of drug-likeness (QED) is 0.823.